The molecule has 0 amide bonds. The van der Waals surface area contributed by atoms with Crippen molar-refractivity contribution in [2.24, 2.45) is 5.73 Å². The molecule has 0 spiro atoms. The number of benzene rings is 1. The molecule has 18 heavy (non-hydrogen) atoms. The molecule has 0 saturated carbocycles. The Morgan fingerprint density at radius 1 is 1.17 bits per heavy atom. The van der Waals surface area contributed by atoms with Crippen molar-refractivity contribution in [1.82, 2.24) is 4.98 Å². The Bertz CT molecular complexity index is 532. The molecule has 0 fully saturated rings. The van der Waals surface area contributed by atoms with Crippen LogP contribution in [-0.2, 0) is 0 Å². The summed E-state index contributed by atoms with van der Waals surface area (Å²) in [5, 5.41) is 0. The number of aromatic nitrogens is 1. The van der Waals surface area contributed by atoms with Gasteiger partial charge in [-0.05, 0) is 49.2 Å². The molecule has 2 N–H and O–H groups in total. The number of aryl methyl sites for hydroxylation is 2. The highest BCUT2D eigenvalue weighted by Crippen LogP contribution is 2.22. The van der Waals surface area contributed by atoms with Crippen molar-refractivity contribution in [2.75, 3.05) is 7.11 Å². The molecule has 2 aromatic rings. The summed E-state index contributed by atoms with van der Waals surface area (Å²) in [6, 6.07) is 11.6. The summed E-state index contributed by atoms with van der Waals surface area (Å²) < 4.78 is 5.21. The average Bonchev–Trinajstić information content (AvgIpc) is 2.37. The molecule has 3 nitrogen and oxygen atoms in total. The van der Waals surface area contributed by atoms with Gasteiger partial charge in [0, 0.05) is 5.69 Å². The summed E-state index contributed by atoms with van der Waals surface area (Å²) in [5.74, 6) is 0.812. The number of nitrogens with two attached hydrogens (primary N) is 1. The Hall–Kier alpha value is -1.87. The first-order chi connectivity index (χ1) is 8.60. The lowest BCUT2D eigenvalue weighted by molar-refractivity contribution is 0.414. The summed E-state index contributed by atoms with van der Waals surface area (Å²) in [5.41, 5.74) is 10.3. The van der Waals surface area contributed by atoms with Crippen LogP contribution in [-0.4, -0.2) is 12.1 Å². The fraction of sp³-hybridized carbons (Fsp3) is 0.267. The van der Waals surface area contributed by atoms with Crippen molar-refractivity contribution in [3.8, 4) is 5.75 Å². The minimum atomic E-state index is -0.223. The smallest absolute Gasteiger partial charge is 0.119 e. The second-order valence-electron chi connectivity index (χ2n) is 4.47. The monoisotopic (exact) mass is 242 g/mol. The summed E-state index contributed by atoms with van der Waals surface area (Å²) >= 11 is 0. The van der Waals surface area contributed by atoms with Crippen LogP contribution in [0.5, 0.6) is 5.75 Å². The number of hydrogen-bond donors (Lipinski definition) is 1. The second-order valence-corrected chi connectivity index (χ2v) is 4.47. The number of nitrogens with zero attached hydrogens (tertiary/aromatic N) is 1. The van der Waals surface area contributed by atoms with Gasteiger partial charge in [-0.2, -0.15) is 0 Å². The SMILES string of the molecule is COc1cccc(C(N)c2cc(C)cc(C)n2)c1. The van der Waals surface area contributed by atoms with E-state index in [1.807, 2.05) is 43.3 Å². The number of methoxy groups -OCH3 is 1. The van der Waals surface area contributed by atoms with Crippen molar-refractivity contribution in [3.63, 3.8) is 0 Å². The molecular formula is C15H18N2O. The van der Waals surface area contributed by atoms with E-state index in [0.29, 0.717) is 0 Å². The van der Waals surface area contributed by atoms with Crippen LogP contribution < -0.4 is 10.5 Å². The van der Waals surface area contributed by atoms with Crippen LogP contribution in [0.15, 0.2) is 36.4 Å². The third-order valence-corrected chi connectivity index (χ3v) is 2.89. The van der Waals surface area contributed by atoms with Crippen LogP contribution in [0.2, 0.25) is 0 Å². The maximum atomic E-state index is 6.26. The normalized spacial score (nSPS) is 12.2. The molecule has 1 unspecified atom stereocenters. The Balaban J connectivity index is 2.37. The molecule has 94 valence electrons. The van der Waals surface area contributed by atoms with Gasteiger partial charge in [-0.3, -0.25) is 4.98 Å². The van der Waals surface area contributed by atoms with E-state index >= 15 is 0 Å². The van der Waals surface area contributed by atoms with Crippen LogP contribution >= 0.6 is 0 Å². The van der Waals surface area contributed by atoms with Crippen LogP contribution in [0.1, 0.15) is 28.6 Å². The summed E-state index contributed by atoms with van der Waals surface area (Å²) in [6.45, 7) is 4.03. The molecule has 0 aliphatic rings. The lowest BCUT2D eigenvalue weighted by atomic mass is 10.0. The van der Waals surface area contributed by atoms with Crippen molar-refractivity contribution in [3.05, 3.63) is 58.9 Å². The molecule has 1 aromatic heterocycles. The highest BCUT2D eigenvalue weighted by atomic mass is 16.5. The van der Waals surface area contributed by atoms with Crippen molar-refractivity contribution in [1.29, 1.82) is 0 Å². The summed E-state index contributed by atoms with van der Waals surface area (Å²) in [7, 11) is 1.65. The van der Waals surface area contributed by atoms with E-state index in [1.54, 1.807) is 7.11 Å². The molecule has 1 heterocycles. The molecule has 0 bridgehead atoms. The molecule has 3 heteroatoms. The summed E-state index contributed by atoms with van der Waals surface area (Å²) in [4.78, 5) is 4.50. The zero-order valence-electron chi connectivity index (χ0n) is 11.0. The fourth-order valence-corrected chi connectivity index (χ4v) is 2.04. The van der Waals surface area contributed by atoms with Gasteiger partial charge < -0.3 is 10.5 Å². The van der Waals surface area contributed by atoms with E-state index in [4.69, 9.17) is 10.5 Å². The van der Waals surface area contributed by atoms with Gasteiger partial charge in [-0.15, -0.1) is 0 Å². The highest BCUT2D eigenvalue weighted by molar-refractivity contribution is 5.35. The largest absolute Gasteiger partial charge is 0.497 e. The Morgan fingerprint density at radius 2 is 1.94 bits per heavy atom. The lowest BCUT2D eigenvalue weighted by Gasteiger charge is -2.14. The molecular weight excluding hydrogens is 224 g/mol. The minimum absolute atomic E-state index is 0.223. The van der Waals surface area contributed by atoms with Crippen molar-refractivity contribution >= 4 is 0 Å². The Kier molecular flexibility index (Phi) is 3.63. The van der Waals surface area contributed by atoms with E-state index in [9.17, 15) is 0 Å². The predicted octanol–water partition coefficient (Wildman–Crippen LogP) is 2.76. The lowest BCUT2D eigenvalue weighted by Crippen LogP contribution is -2.14. The second kappa shape index (κ2) is 5.19. The van der Waals surface area contributed by atoms with Gasteiger partial charge in [-0.1, -0.05) is 12.1 Å². The first-order valence-corrected chi connectivity index (χ1v) is 5.95. The fourth-order valence-electron chi connectivity index (χ4n) is 2.04. The van der Waals surface area contributed by atoms with E-state index in [0.717, 1.165) is 22.7 Å². The molecule has 1 aromatic carbocycles. The number of pyridine rings is 1. The molecule has 2 rings (SSSR count). The third kappa shape index (κ3) is 2.68. The van der Waals surface area contributed by atoms with Gasteiger partial charge in [0.2, 0.25) is 0 Å². The predicted molar refractivity (Wildman–Crippen MR) is 72.7 cm³/mol. The van der Waals surface area contributed by atoms with E-state index in [1.165, 1.54) is 5.56 Å². The molecule has 0 aliphatic heterocycles. The number of rotatable bonds is 3. The van der Waals surface area contributed by atoms with E-state index < -0.39 is 0 Å². The van der Waals surface area contributed by atoms with Crippen molar-refractivity contribution in [2.45, 2.75) is 19.9 Å². The molecule has 0 radical (unpaired) electrons. The van der Waals surface area contributed by atoms with Crippen LogP contribution in [0, 0.1) is 13.8 Å². The Labute approximate surface area is 108 Å². The maximum Gasteiger partial charge on any atom is 0.119 e. The third-order valence-electron chi connectivity index (χ3n) is 2.89. The maximum absolute atomic E-state index is 6.26. The topological polar surface area (TPSA) is 48.1 Å². The van der Waals surface area contributed by atoms with Gasteiger partial charge in [0.05, 0.1) is 18.8 Å². The number of hydrogen-bond acceptors (Lipinski definition) is 3. The average molecular weight is 242 g/mol. The van der Waals surface area contributed by atoms with E-state index in [2.05, 4.69) is 11.9 Å². The van der Waals surface area contributed by atoms with Gasteiger partial charge in [0.15, 0.2) is 0 Å². The first kappa shape index (κ1) is 12.6. The van der Waals surface area contributed by atoms with Gasteiger partial charge in [0.25, 0.3) is 0 Å². The standard InChI is InChI=1S/C15H18N2O/c1-10-7-11(2)17-14(8-10)15(16)12-5-4-6-13(9-12)18-3/h4-9,15H,16H2,1-3H3. The van der Waals surface area contributed by atoms with Gasteiger partial charge in [0.1, 0.15) is 5.75 Å². The zero-order valence-corrected chi connectivity index (χ0v) is 11.0. The number of ether oxygens (including phenoxy) is 1. The van der Waals surface area contributed by atoms with Crippen LogP contribution in [0.3, 0.4) is 0 Å². The van der Waals surface area contributed by atoms with Gasteiger partial charge >= 0.3 is 0 Å². The molecule has 0 saturated heterocycles. The zero-order chi connectivity index (χ0) is 13.1. The molecule has 1 atom stereocenters. The van der Waals surface area contributed by atoms with E-state index in [-0.39, 0.29) is 6.04 Å². The molecule has 0 aliphatic carbocycles. The first-order valence-electron chi connectivity index (χ1n) is 5.95. The Morgan fingerprint density at radius 3 is 2.61 bits per heavy atom. The van der Waals surface area contributed by atoms with Gasteiger partial charge in [-0.25, -0.2) is 0 Å². The summed E-state index contributed by atoms with van der Waals surface area (Å²) in [6.07, 6.45) is 0. The van der Waals surface area contributed by atoms with Crippen molar-refractivity contribution < 1.29 is 4.74 Å². The quantitative estimate of drug-likeness (QED) is 0.900. The van der Waals surface area contributed by atoms with Crippen LogP contribution in [0.25, 0.3) is 0 Å². The minimum Gasteiger partial charge on any atom is -0.497 e. The highest BCUT2D eigenvalue weighted by Gasteiger charge is 2.11. The van der Waals surface area contributed by atoms with Crippen LogP contribution in [0.4, 0.5) is 0 Å².